The van der Waals surface area contributed by atoms with Crippen molar-refractivity contribution < 1.29 is 9.53 Å². The van der Waals surface area contributed by atoms with E-state index < -0.39 is 0 Å². The first-order valence-electron chi connectivity index (χ1n) is 5.40. The zero-order valence-corrected chi connectivity index (χ0v) is 9.96. The van der Waals surface area contributed by atoms with Crippen LogP contribution in [0, 0.1) is 17.2 Å². The molecular weight excluding hydrogens is 190 g/mol. The number of rotatable bonds is 6. The number of nitrogens with zero attached hydrogens (tertiary/aromatic N) is 1. The molecule has 0 spiro atoms. The van der Waals surface area contributed by atoms with Gasteiger partial charge in [0.2, 0.25) is 0 Å². The van der Waals surface area contributed by atoms with Gasteiger partial charge in [0.15, 0.2) is 5.78 Å². The first-order chi connectivity index (χ1) is 7.12. The molecule has 0 amide bonds. The Morgan fingerprint density at radius 2 is 1.87 bits per heavy atom. The molecule has 0 aliphatic carbocycles. The molecule has 0 fully saturated rings. The fourth-order valence-electron chi connectivity index (χ4n) is 1.46. The van der Waals surface area contributed by atoms with Crippen LogP contribution in [0.1, 0.15) is 40.5 Å². The maximum absolute atomic E-state index is 11.9. The molecular formula is C12H19NO2. The van der Waals surface area contributed by atoms with Gasteiger partial charge in [-0.05, 0) is 26.7 Å². The lowest BCUT2D eigenvalue weighted by Crippen LogP contribution is -2.16. The van der Waals surface area contributed by atoms with E-state index in [1.165, 1.54) is 0 Å². The molecule has 0 N–H and O–H groups in total. The number of hydrogen-bond acceptors (Lipinski definition) is 3. The van der Waals surface area contributed by atoms with Gasteiger partial charge in [0.25, 0.3) is 0 Å². The van der Waals surface area contributed by atoms with E-state index in [1.54, 1.807) is 6.92 Å². The van der Waals surface area contributed by atoms with Crippen molar-refractivity contribution in [1.82, 2.24) is 0 Å². The van der Waals surface area contributed by atoms with E-state index in [2.05, 4.69) is 0 Å². The molecule has 0 saturated carbocycles. The Morgan fingerprint density at radius 3 is 2.20 bits per heavy atom. The van der Waals surface area contributed by atoms with Gasteiger partial charge in [0.1, 0.15) is 17.4 Å². The van der Waals surface area contributed by atoms with Crippen molar-refractivity contribution in [3.05, 3.63) is 11.3 Å². The van der Waals surface area contributed by atoms with Crippen LogP contribution >= 0.6 is 0 Å². The highest BCUT2D eigenvalue weighted by Gasteiger charge is 2.21. The minimum atomic E-state index is -0.0894. The second-order valence-corrected chi connectivity index (χ2v) is 3.35. The van der Waals surface area contributed by atoms with Crippen LogP contribution < -0.4 is 0 Å². The maximum atomic E-state index is 11.9. The first-order valence-corrected chi connectivity index (χ1v) is 5.40. The zero-order valence-electron chi connectivity index (χ0n) is 9.96. The largest absolute Gasteiger partial charge is 0.497 e. The molecule has 0 atom stereocenters. The van der Waals surface area contributed by atoms with Gasteiger partial charge in [-0.15, -0.1) is 0 Å². The zero-order chi connectivity index (χ0) is 11.8. The van der Waals surface area contributed by atoms with Crippen molar-refractivity contribution in [2.24, 2.45) is 5.92 Å². The van der Waals surface area contributed by atoms with Crippen LogP contribution in [0.3, 0.4) is 0 Å². The standard InChI is InChI=1S/C12H19NO2/c1-5-10(6-2)12(14)11(8-13)9(4)15-7-3/h10H,5-7H2,1-4H3/b11-9+. The molecule has 0 aromatic carbocycles. The van der Waals surface area contributed by atoms with Gasteiger partial charge >= 0.3 is 0 Å². The van der Waals surface area contributed by atoms with Crippen LogP contribution in [0.15, 0.2) is 11.3 Å². The molecule has 3 nitrogen and oxygen atoms in total. The molecule has 3 heteroatoms. The fourth-order valence-corrected chi connectivity index (χ4v) is 1.46. The SMILES string of the molecule is CCO/C(C)=C(\C#N)C(=O)C(CC)CC. The topological polar surface area (TPSA) is 50.1 Å². The number of allylic oxidation sites excluding steroid dienone is 2. The molecule has 0 bridgehead atoms. The summed E-state index contributed by atoms with van der Waals surface area (Å²) in [6.07, 6.45) is 1.53. The molecule has 0 heterocycles. The lowest BCUT2D eigenvalue weighted by atomic mass is 9.93. The van der Waals surface area contributed by atoms with Crippen molar-refractivity contribution >= 4 is 5.78 Å². The van der Waals surface area contributed by atoms with Gasteiger partial charge in [-0.3, -0.25) is 4.79 Å². The van der Waals surface area contributed by atoms with E-state index >= 15 is 0 Å². The summed E-state index contributed by atoms with van der Waals surface area (Å²) in [5.41, 5.74) is 0.172. The minimum Gasteiger partial charge on any atom is -0.497 e. The molecule has 15 heavy (non-hydrogen) atoms. The quantitative estimate of drug-likeness (QED) is 0.384. The summed E-state index contributed by atoms with van der Waals surface area (Å²) in [6, 6.07) is 1.94. The van der Waals surface area contributed by atoms with Gasteiger partial charge in [-0.1, -0.05) is 13.8 Å². The van der Waals surface area contributed by atoms with Crippen LogP contribution in [0.5, 0.6) is 0 Å². The highest BCUT2D eigenvalue weighted by Crippen LogP contribution is 2.17. The van der Waals surface area contributed by atoms with Crippen molar-refractivity contribution in [3.63, 3.8) is 0 Å². The van der Waals surface area contributed by atoms with E-state index in [1.807, 2.05) is 26.8 Å². The highest BCUT2D eigenvalue weighted by molar-refractivity contribution is 6.00. The summed E-state index contributed by atoms with van der Waals surface area (Å²) in [5.74, 6) is 0.292. The van der Waals surface area contributed by atoms with Gasteiger partial charge < -0.3 is 4.74 Å². The van der Waals surface area contributed by atoms with Crippen molar-refractivity contribution in [1.29, 1.82) is 5.26 Å². The molecule has 0 aliphatic heterocycles. The van der Waals surface area contributed by atoms with E-state index in [-0.39, 0.29) is 17.3 Å². The van der Waals surface area contributed by atoms with Crippen molar-refractivity contribution in [2.75, 3.05) is 6.61 Å². The van der Waals surface area contributed by atoms with Gasteiger partial charge in [0.05, 0.1) is 6.61 Å². The number of hydrogen-bond donors (Lipinski definition) is 0. The third-order valence-corrected chi connectivity index (χ3v) is 2.43. The number of carbonyl (C=O) groups is 1. The summed E-state index contributed by atoms with van der Waals surface area (Å²) in [6.45, 7) is 7.89. The summed E-state index contributed by atoms with van der Waals surface area (Å²) in [7, 11) is 0. The average Bonchev–Trinajstić information content (AvgIpc) is 2.21. The lowest BCUT2D eigenvalue weighted by molar-refractivity contribution is -0.119. The second-order valence-electron chi connectivity index (χ2n) is 3.35. The predicted molar refractivity (Wildman–Crippen MR) is 59.0 cm³/mol. The fraction of sp³-hybridized carbons (Fsp3) is 0.667. The number of ether oxygens (including phenoxy) is 1. The maximum Gasteiger partial charge on any atom is 0.179 e. The van der Waals surface area contributed by atoms with Crippen LogP contribution in [0.2, 0.25) is 0 Å². The Hall–Kier alpha value is -1.30. The van der Waals surface area contributed by atoms with Crippen molar-refractivity contribution in [3.8, 4) is 6.07 Å². The Kier molecular flexibility index (Phi) is 6.44. The summed E-state index contributed by atoms with van der Waals surface area (Å²) >= 11 is 0. The Morgan fingerprint density at radius 1 is 1.33 bits per heavy atom. The predicted octanol–water partition coefficient (Wildman–Crippen LogP) is 2.83. The monoisotopic (exact) mass is 209 g/mol. The molecule has 0 unspecified atom stereocenters. The number of nitriles is 1. The third-order valence-electron chi connectivity index (χ3n) is 2.43. The van der Waals surface area contributed by atoms with Crippen LogP contribution in [-0.4, -0.2) is 12.4 Å². The molecule has 0 aromatic heterocycles. The normalized spacial score (nSPS) is 12.0. The van der Waals surface area contributed by atoms with Crippen LogP contribution in [0.4, 0.5) is 0 Å². The smallest absolute Gasteiger partial charge is 0.179 e. The number of Topliss-reactive ketones (excluding diaryl/α,β-unsaturated/α-hetero) is 1. The first kappa shape index (κ1) is 13.7. The van der Waals surface area contributed by atoms with E-state index in [9.17, 15) is 4.79 Å². The van der Waals surface area contributed by atoms with E-state index in [0.29, 0.717) is 12.4 Å². The Balaban J connectivity index is 4.91. The Bertz CT molecular complexity index is 282. The third kappa shape index (κ3) is 3.75. The highest BCUT2D eigenvalue weighted by atomic mass is 16.5. The molecule has 0 radical (unpaired) electrons. The van der Waals surface area contributed by atoms with Crippen LogP contribution in [-0.2, 0) is 9.53 Å². The molecule has 0 aromatic rings. The van der Waals surface area contributed by atoms with E-state index in [0.717, 1.165) is 12.8 Å². The molecule has 0 saturated heterocycles. The summed E-state index contributed by atoms with van der Waals surface area (Å²) in [5, 5.41) is 8.92. The Labute approximate surface area is 91.7 Å². The minimum absolute atomic E-state index is 0.0601. The van der Waals surface area contributed by atoms with Gasteiger partial charge in [-0.2, -0.15) is 5.26 Å². The second kappa shape index (κ2) is 7.05. The summed E-state index contributed by atoms with van der Waals surface area (Å²) < 4.78 is 5.19. The lowest BCUT2D eigenvalue weighted by Gasteiger charge is -2.12. The van der Waals surface area contributed by atoms with E-state index in [4.69, 9.17) is 10.00 Å². The number of ketones is 1. The average molecular weight is 209 g/mol. The van der Waals surface area contributed by atoms with Gasteiger partial charge in [0, 0.05) is 5.92 Å². The number of carbonyl (C=O) groups excluding carboxylic acids is 1. The summed E-state index contributed by atoms with van der Waals surface area (Å²) in [4.78, 5) is 11.9. The molecule has 84 valence electrons. The molecule has 0 aliphatic rings. The van der Waals surface area contributed by atoms with Crippen LogP contribution in [0.25, 0.3) is 0 Å². The van der Waals surface area contributed by atoms with Crippen molar-refractivity contribution in [2.45, 2.75) is 40.5 Å². The van der Waals surface area contributed by atoms with Gasteiger partial charge in [-0.25, -0.2) is 0 Å². The molecule has 0 rings (SSSR count).